The summed E-state index contributed by atoms with van der Waals surface area (Å²) in [4.78, 5) is 15.8. The van der Waals surface area contributed by atoms with E-state index in [0.717, 1.165) is 25.9 Å². The number of carbonyl (C=O) groups excluding carboxylic acids is 1. The smallest absolute Gasteiger partial charge is 0.280 e. The second kappa shape index (κ2) is 9.71. The lowest BCUT2D eigenvalue weighted by atomic mass is 9.93. The Bertz CT molecular complexity index is 1570. The van der Waals surface area contributed by atoms with Crippen molar-refractivity contribution in [2.45, 2.75) is 50.7 Å². The van der Waals surface area contributed by atoms with Crippen LogP contribution in [-0.2, 0) is 16.6 Å². The van der Waals surface area contributed by atoms with E-state index in [-0.39, 0.29) is 12.2 Å². The molecule has 1 aromatic heterocycles. The molecule has 3 aromatic rings. The van der Waals surface area contributed by atoms with E-state index in [4.69, 9.17) is 5.11 Å². The Balaban J connectivity index is 1.33. The number of carbonyl (C=O) groups is 1. The maximum Gasteiger partial charge on any atom is 0.280 e. The molecule has 3 aliphatic rings. The number of nitrogens with one attached hydrogen (secondary N) is 2. The summed E-state index contributed by atoms with van der Waals surface area (Å²) in [5.41, 5.74) is 2.81. The molecule has 1 unspecified atom stereocenters. The van der Waals surface area contributed by atoms with Gasteiger partial charge in [0.2, 0.25) is 10.0 Å². The van der Waals surface area contributed by atoms with Gasteiger partial charge in [0.25, 0.3) is 11.8 Å². The number of aromatic nitrogens is 1. The highest BCUT2D eigenvalue weighted by Gasteiger charge is 2.45. The fraction of sp³-hybridized carbons (Fsp3) is 0.464. The van der Waals surface area contributed by atoms with Gasteiger partial charge >= 0.3 is 0 Å². The van der Waals surface area contributed by atoms with Crippen molar-refractivity contribution >= 4 is 43.9 Å². The number of fused-ring (bicyclic) bond motifs is 3. The lowest BCUT2D eigenvalue weighted by molar-refractivity contribution is -0.130. The van der Waals surface area contributed by atoms with Crippen molar-refractivity contribution < 1.29 is 32.2 Å². The van der Waals surface area contributed by atoms with Crippen molar-refractivity contribution in [3.8, 4) is 0 Å². The van der Waals surface area contributed by atoms with Gasteiger partial charge in [-0.2, -0.15) is 0 Å². The van der Waals surface area contributed by atoms with Crippen LogP contribution in [0.1, 0.15) is 54.3 Å². The summed E-state index contributed by atoms with van der Waals surface area (Å²) in [5, 5.41) is 22.8. The Labute approximate surface area is 230 Å². The maximum atomic E-state index is 14.2. The standard InChI is InChI=1S/C28H32F2N4O5S/c29-28(30)10-13-34-22-3-1-2-21(20(22)17-24(34)25(28)36)31-26(37)19-5-4-18(32-40(38,39)15-14-35)16-23(19)33-11-8-27(6-7-27)9-12-33/h1-5,16-17,25,32,35-36H,6-15H2,(H,31,37). The van der Waals surface area contributed by atoms with E-state index >= 15 is 0 Å². The highest BCUT2D eigenvalue weighted by Crippen LogP contribution is 2.54. The highest BCUT2D eigenvalue weighted by atomic mass is 32.2. The van der Waals surface area contributed by atoms with Crippen molar-refractivity contribution in [1.29, 1.82) is 0 Å². The van der Waals surface area contributed by atoms with Crippen molar-refractivity contribution in [2.75, 3.05) is 40.4 Å². The third-order valence-corrected chi connectivity index (χ3v) is 9.84. The number of aliphatic hydroxyl groups excluding tert-OH is 2. The van der Waals surface area contributed by atoms with Crippen molar-refractivity contribution in [3.05, 3.63) is 53.7 Å². The number of hydrogen-bond acceptors (Lipinski definition) is 6. The van der Waals surface area contributed by atoms with Gasteiger partial charge in [-0.25, -0.2) is 17.2 Å². The summed E-state index contributed by atoms with van der Waals surface area (Å²) in [6.07, 6.45) is 2.01. The van der Waals surface area contributed by atoms with Gasteiger partial charge in [0, 0.05) is 31.4 Å². The number of piperidine rings is 1. The quantitative estimate of drug-likeness (QED) is 0.337. The minimum Gasteiger partial charge on any atom is -0.395 e. The summed E-state index contributed by atoms with van der Waals surface area (Å²) in [6.45, 7) is 1.01. The molecule has 1 saturated heterocycles. The van der Waals surface area contributed by atoms with E-state index in [2.05, 4.69) is 14.9 Å². The van der Waals surface area contributed by atoms with Crippen LogP contribution in [0.15, 0.2) is 42.5 Å². The first-order chi connectivity index (χ1) is 19.0. The number of sulfonamides is 1. The first-order valence-corrected chi connectivity index (χ1v) is 15.2. The fourth-order valence-corrected chi connectivity index (χ4v) is 6.82. The molecule has 1 aliphatic carbocycles. The zero-order chi connectivity index (χ0) is 28.3. The zero-order valence-corrected chi connectivity index (χ0v) is 22.7. The molecular weight excluding hydrogens is 542 g/mol. The molecule has 0 radical (unpaired) electrons. The monoisotopic (exact) mass is 574 g/mol. The number of aryl methyl sites for hydroxylation is 1. The maximum absolute atomic E-state index is 14.2. The molecule has 40 heavy (non-hydrogen) atoms. The van der Waals surface area contributed by atoms with Crippen molar-refractivity contribution in [3.63, 3.8) is 0 Å². The number of amides is 1. The Morgan fingerprint density at radius 2 is 1.77 bits per heavy atom. The number of aliphatic hydroxyl groups is 2. The average molecular weight is 575 g/mol. The van der Waals surface area contributed by atoms with Gasteiger partial charge in [-0.3, -0.25) is 9.52 Å². The van der Waals surface area contributed by atoms with Crippen molar-refractivity contribution in [1.82, 2.24) is 4.57 Å². The minimum absolute atomic E-state index is 0.0501. The molecule has 1 amide bonds. The topological polar surface area (TPSA) is 124 Å². The van der Waals surface area contributed by atoms with Gasteiger partial charge < -0.3 is 25.0 Å². The summed E-state index contributed by atoms with van der Waals surface area (Å²) in [5.74, 6) is -4.09. The predicted octanol–water partition coefficient (Wildman–Crippen LogP) is 4.08. The summed E-state index contributed by atoms with van der Waals surface area (Å²) >= 11 is 0. The molecule has 0 bridgehead atoms. The molecule has 1 spiro atoms. The van der Waals surface area contributed by atoms with E-state index in [1.165, 1.54) is 25.0 Å². The van der Waals surface area contributed by atoms with Crippen LogP contribution in [0.4, 0.5) is 25.8 Å². The average Bonchev–Trinajstić information content (AvgIpc) is 3.54. The van der Waals surface area contributed by atoms with E-state index in [0.29, 0.717) is 38.9 Å². The number of halogens is 2. The number of benzene rings is 2. The first kappa shape index (κ1) is 27.0. The third-order valence-electron chi connectivity index (χ3n) is 8.57. The summed E-state index contributed by atoms with van der Waals surface area (Å²) < 4.78 is 57.1. The molecule has 4 N–H and O–H groups in total. The highest BCUT2D eigenvalue weighted by molar-refractivity contribution is 7.92. The molecule has 6 rings (SSSR count). The van der Waals surface area contributed by atoms with Gasteiger partial charge in [0.1, 0.15) is 0 Å². The van der Waals surface area contributed by atoms with Crippen LogP contribution in [0.3, 0.4) is 0 Å². The SMILES string of the molecule is O=C(Nc1cccc2c1cc1n2CCC(F)(F)C1O)c1ccc(NS(=O)(=O)CCO)cc1N1CCC2(CC1)CC2. The van der Waals surface area contributed by atoms with E-state index < -0.39 is 46.7 Å². The van der Waals surface area contributed by atoms with Gasteiger partial charge in [0.15, 0.2) is 6.10 Å². The van der Waals surface area contributed by atoms with Crippen LogP contribution in [0, 0.1) is 5.41 Å². The Morgan fingerprint density at radius 1 is 1.02 bits per heavy atom. The van der Waals surface area contributed by atoms with Crippen molar-refractivity contribution in [2.24, 2.45) is 5.41 Å². The number of anilines is 3. The number of nitrogens with zero attached hydrogens (tertiary/aromatic N) is 2. The van der Waals surface area contributed by atoms with E-state index in [9.17, 15) is 27.1 Å². The second-order valence-corrected chi connectivity index (χ2v) is 13.0. The lowest BCUT2D eigenvalue weighted by Crippen LogP contribution is -2.35. The molecule has 12 heteroatoms. The van der Waals surface area contributed by atoms with Crippen LogP contribution in [0.25, 0.3) is 10.9 Å². The number of alkyl halides is 2. The Morgan fingerprint density at radius 3 is 2.48 bits per heavy atom. The lowest BCUT2D eigenvalue weighted by Gasteiger charge is -2.35. The molecule has 2 aromatic carbocycles. The molecule has 2 aliphatic heterocycles. The summed E-state index contributed by atoms with van der Waals surface area (Å²) in [6, 6.07) is 11.4. The van der Waals surface area contributed by atoms with Crippen LogP contribution < -0.4 is 14.9 Å². The predicted molar refractivity (Wildman–Crippen MR) is 148 cm³/mol. The molecule has 3 heterocycles. The van der Waals surface area contributed by atoms with Crippen LogP contribution in [0.2, 0.25) is 0 Å². The third kappa shape index (κ3) is 4.92. The molecule has 2 fully saturated rings. The molecule has 9 nitrogen and oxygen atoms in total. The Hall–Kier alpha value is -3.22. The normalized spacial score (nSPS) is 21.3. The molecule has 1 saturated carbocycles. The van der Waals surface area contributed by atoms with Gasteiger partial charge in [-0.1, -0.05) is 6.07 Å². The van der Waals surface area contributed by atoms with Crippen LogP contribution >= 0.6 is 0 Å². The number of hydrogen-bond donors (Lipinski definition) is 4. The van der Waals surface area contributed by atoms with E-state index in [1.54, 1.807) is 34.9 Å². The van der Waals surface area contributed by atoms with Crippen LogP contribution in [0.5, 0.6) is 0 Å². The summed E-state index contributed by atoms with van der Waals surface area (Å²) in [7, 11) is -3.76. The largest absolute Gasteiger partial charge is 0.395 e. The zero-order valence-electron chi connectivity index (χ0n) is 21.9. The van der Waals surface area contributed by atoms with Gasteiger partial charge in [-0.15, -0.1) is 0 Å². The van der Waals surface area contributed by atoms with Gasteiger partial charge in [-0.05, 0) is 67.5 Å². The second-order valence-electron chi connectivity index (χ2n) is 11.2. The van der Waals surface area contributed by atoms with Crippen LogP contribution in [-0.4, -0.2) is 60.5 Å². The molecular formula is C28H32F2N4O5S. The molecule has 1 atom stereocenters. The molecule has 214 valence electrons. The first-order valence-electron chi connectivity index (χ1n) is 13.5. The fourth-order valence-electron chi connectivity index (χ4n) is 5.99. The Kier molecular flexibility index (Phi) is 6.54. The minimum atomic E-state index is -3.76. The van der Waals surface area contributed by atoms with E-state index in [1.807, 2.05) is 0 Å². The number of rotatable bonds is 7. The van der Waals surface area contributed by atoms with Gasteiger partial charge in [0.05, 0.1) is 46.2 Å².